The predicted octanol–water partition coefficient (Wildman–Crippen LogP) is 5.58. The van der Waals surface area contributed by atoms with Crippen LogP contribution in [0.1, 0.15) is 12.8 Å². The molecule has 0 atom stereocenters. The van der Waals surface area contributed by atoms with Crippen molar-refractivity contribution in [3.05, 3.63) is 70.5 Å². The summed E-state index contributed by atoms with van der Waals surface area (Å²) in [7, 11) is 0. The summed E-state index contributed by atoms with van der Waals surface area (Å²) in [5, 5.41) is 0. The van der Waals surface area contributed by atoms with E-state index < -0.39 is 0 Å². The zero-order chi connectivity index (χ0) is 12.2. The minimum absolute atomic E-state index is 1.23. The third-order valence-corrected chi connectivity index (χ3v) is 5.40. The van der Waals surface area contributed by atoms with Gasteiger partial charge in [0.15, 0.2) is 0 Å². The van der Waals surface area contributed by atoms with Crippen LogP contribution in [-0.4, -0.2) is 0 Å². The second kappa shape index (κ2) is 5.68. The summed E-state index contributed by atoms with van der Waals surface area (Å²) >= 11 is 3.83. The van der Waals surface area contributed by atoms with E-state index in [-0.39, 0.29) is 0 Å². The molecule has 2 aromatic carbocycles. The van der Waals surface area contributed by atoms with Gasteiger partial charge in [0.05, 0.1) is 0 Å². The van der Waals surface area contributed by atoms with Gasteiger partial charge in [0, 0.05) is 9.79 Å². The van der Waals surface area contributed by atoms with Gasteiger partial charge in [-0.2, -0.15) is 0 Å². The van der Waals surface area contributed by atoms with Crippen LogP contribution in [-0.2, 0) is 0 Å². The molecule has 0 spiro atoms. The van der Waals surface area contributed by atoms with Crippen molar-refractivity contribution in [2.45, 2.75) is 22.6 Å². The third-order valence-electron chi connectivity index (χ3n) is 2.86. The Labute approximate surface area is 116 Å². The summed E-state index contributed by atoms with van der Waals surface area (Å²) in [5.41, 5.74) is 0. The molecule has 1 aliphatic carbocycles. The van der Waals surface area contributed by atoms with E-state index in [2.05, 4.69) is 60.7 Å². The summed E-state index contributed by atoms with van der Waals surface area (Å²) in [6.07, 6.45) is 2.46. The minimum Gasteiger partial charge on any atom is -0.0937 e. The van der Waals surface area contributed by atoms with Gasteiger partial charge in [-0.15, -0.1) is 0 Å². The number of benzene rings is 2. The molecule has 0 N–H and O–H groups in total. The molecule has 3 rings (SSSR count). The van der Waals surface area contributed by atoms with Crippen LogP contribution in [0, 0.1) is 0 Å². The van der Waals surface area contributed by atoms with E-state index in [1.165, 1.54) is 32.4 Å². The van der Waals surface area contributed by atoms with Gasteiger partial charge in [-0.3, -0.25) is 0 Å². The number of thioether (sulfide) groups is 2. The largest absolute Gasteiger partial charge is 0.0937 e. The molecule has 0 fully saturated rings. The highest BCUT2D eigenvalue weighted by atomic mass is 32.2. The van der Waals surface area contributed by atoms with Gasteiger partial charge >= 0.3 is 0 Å². The Morgan fingerprint density at radius 1 is 0.556 bits per heavy atom. The molecule has 0 saturated heterocycles. The molecule has 2 aromatic rings. The third kappa shape index (κ3) is 2.82. The van der Waals surface area contributed by atoms with Crippen LogP contribution >= 0.6 is 23.5 Å². The van der Waals surface area contributed by atoms with Gasteiger partial charge in [-0.25, -0.2) is 0 Å². The molecule has 0 nitrogen and oxygen atoms in total. The minimum atomic E-state index is 1.23. The summed E-state index contributed by atoms with van der Waals surface area (Å²) in [6.45, 7) is 0. The lowest BCUT2D eigenvalue weighted by atomic mass is 10.1. The molecule has 90 valence electrons. The quantitative estimate of drug-likeness (QED) is 0.711. The Morgan fingerprint density at radius 3 is 1.28 bits per heavy atom. The fourth-order valence-electron chi connectivity index (χ4n) is 1.81. The summed E-state index contributed by atoms with van der Waals surface area (Å²) in [5.74, 6) is 0. The Bertz CT molecular complexity index is 492. The van der Waals surface area contributed by atoms with Crippen molar-refractivity contribution in [1.29, 1.82) is 0 Å². The van der Waals surface area contributed by atoms with Crippen LogP contribution in [0.15, 0.2) is 80.3 Å². The zero-order valence-corrected chi connectivity index (χ0v) is 11.6. The van der Waals surface area contributed by atoms with Crippen LogP contribution in [0.3, 0.4) is 0 Å². The molecule has 1 aliphatic rings. The molecule has 0 radical (unpaired) electrons. The normalized spacial score (nSPS) is 14.4. The molecule has 0 saturated carbocycles. The molecular formula is C16H14S2. The van der Waals surface area contributed by atoms with E-state index in [0.29, 0.717) is 0 Å². The van der Waals surface area contributed by atoms with E-state index in [9.17, 15) is 0 Å². The Kier molecular flexibility index (Phi) is 3.77. The van der Waals surface area contributed by atoms with Gasteiger partial charge in [-0.05, 0) is 46.9 Å². The lowest BCUT2D eigenvalue weighted by molar-refractivity contribution is 0.920. The molecule has 2 heteroatoms. The average Bonchev–Trinajstić information content (AvgIpc) is 2.43. The van der Waals surface area contributed by atoms with Crippen molar-refractivity contribution in [2.75, 3.05) is 0 Å². The fourth-order valence-corrected chi connectivity index (χ4v) is 4.05. The standard InChI is InChI=1S/C16H14S2/c1-3-7-13(8-4-1)17-15-11-12-16(15)18-14-9-5-2-6-10-14/h1-10H,11-12H2. The maximum absolute atomic E-state index is 2.18. The summed E-state index contributed by atoms with van der Waals surface area (Å²) < 4.78 is 0. The molecule has 0 aliphatic heterocycles. The van der Waals surface area contributed by atoms with Gasteiger partial charge in [0.1, 0.15) is 0 Å². The Balaban J connectivity index is 1.71. The average molecular weight is 270 g/mol. The number of hydrogen-bond donors (Lipinski definition) is 0. The van der Waals surface area contributed by atoms with E-state index in [1.54, 1.807) is 0 Å². The first-order chi connectivity index (χ1) is 8.92. The van der Waals surface area contributed by atoms with Crippen LogP contribution in [0.2, 0.25) is 0 Å². The summed E-state index contributed by atoms with van der Waals surface area (Å²) in [6, 6.07) is 21.3. The van der Waals surface area contributed by atoms with Gasteiger partial charge in [0.25, 0.3) is 0 Å². The highest BCUT2D eigenvalue weighted by Crippen LogP contribution is 2.47. The van der Waals surface area contributed by atoms with E-state index >= 15 is 0 Å². The molecule has 0 unspecified atom stereocenters. The maximum atomic E-state index is 2.18. The van der Waals surface area contributed by atoms with Crippen molar-refractivity contribution < 1.29 is 0 Å². The maximum Gasteiger partial charge on any atom is 0.0119 e. The van der Waals surface area contributed by atoms with Crippen LogP contribution in [0.4, 0.5) is 0 Å². The molecule has 0 aromatic heterocycles. The first kappa shape index (κ1) is 11.9. The lowest BCUT2D eigenvalue weighted by Crippen LogP contribution is -1.97. The Morgan fingerprint density at radius 2 is 0.944 bits per heavy atom. The predicted molar refractivity (Wildman–Crippen MR) is 80.9 cm³/mol. The molecule has 0 bridgehead atoms. The molecule has 18 heavy (non-hydrogen) atoms. The van der Waals surface area contributed by atoms with Crippen molar-refractivity contribution in [1.82, 2.24) is 0 Å². The molecule has 0 amide bonds. The number of allylic oxidation sites excluding steroid dienone is 2. The van der Waals surface area contributed by atoms with Crippen molar-refractivity contribution in [3.8, 4) is 0 Å². The van der Waals surface area contributed by atoms with Crippen molar-refractivity contribution >= 4 is 23.5 Å². The van der Waals surface area contributed by atoms with Crippen LogP contribution < -0.4 is 0 Å². The number of hydrogen-bond acceptors (Lipinski definition) is 2. The van der Waals surface area contributed by atoms with Gasteiger partial charge in [0.2, 0.25) is 0 Å². The van der Waals surface area contributed by atoms with Crippen LogP contribution in [0.5, 0.6) is 0 Å². The molecule has 0 heterocycles. The zero-order valence-electron chi connectivity index (χ0n) is 10.0. The fraction of sp³-hybridized carbons (Fsp3) is 0.125. The summed E-state index contributed by atoms with van der Waals surface area (Å²) in [4.78, 5) is 5.77. The second-order valence-electron chi connectivity index (χ2n) is 4.18. The van der Waals surface area contributed by atoms with Crippen molar-refractivity contribution in [3.63, 3.8) is 0 Å². The van der Waals surface area contributed by atoms with Crippen LogP contribution in [0.25, 0.3) is 0 Å². The topological polar surface area (TPSA) is 0 Å². The van der Waals surface area contributed by atoms with E-state index in [4.69, 9.17) is 0 Å². The van der Waals surface area contributed by atoms with E-state index in [0.717, 1.165) is 0 Å². The van der Waals surface area contributed by atoms with Crippen molar-refractivity contribution in [2.24, 2.45) is 0 Å². The highest BCUT2D eigenvalue weighted by Gasteiger charge is 2.19. The smallest absolute Gasteiger partial charge is 0.0119 e. The first-order valence-corrected chi connectivity index (χ1v) is 7.73. The van der Waals surface area contributed by atoms with Gasteiger partial charge in [-0.1, -0.05) is 59.9 Å². The molecular weight excluding hydrogens is 256 g/mol. The number of rotatable bonds is 4. The lowest BCUT2D eigenvalue weighted by Gasteiger charge is -2.22. The highest BCUT2D eigenvalue weighted by molar-refractivity contribution is 8.07. The van der Waals surface area contributed by atoms with E-state index in [1.807, 2.05) is 23.5 Å². The monoisotopic (exact) mass is 270 g/mol. The second-order valence-corrected chi connectivity index (χ2v) is 6.51. The van der Waals surface area contributed by atoms with Gasteiger partial charge < -0.3 is 0 Å². The SMILES string of the molecule is c1ccc(SC2=C(Sc3ccccc3)CC2)cc1. The Hall–Kier alpha value is -1.12. The first-order valence-electron chi connectivity index (χ1n) is 6.09.